The fourth-order valence-electron chi connectivity index (χ4n) is 1.95. The van der Waals surface area contributed by atoms with Crippen LogP contribution < -0.4 is 10.9 Å². The van der Waals surface area contributed by atoms with Crippen molar-refractivity contribution in [2.45, 2.75) is 19.8 Å². The highest BCUT2D eigenvalue weighted by Gasteiger charge is 2.18. The summed E-state index contributed by atoms with van der Waals surface area (Å²) in [6, 6.07) is 0. The molecule has 2 heterocycles. The van der Waals surface area contributed by atoms with E-state index in [-0.39, 0.29) is 24.4 Å². The molecule has 0 fully saturated rings. The van der Waals surface area contributed by atoms with E-state index < -0.39 is 5.97 Å². The number of rotatable bonds is 5. The van der Waals surface area contributed by atoms with Crippen LogP contribution in [0.2, 0.25) is 0 Å². The van der Waals surface area contributed by atoms with Crippen molar-refractivity contribution < 1.29 is 14.7 Å². The van der Waals surface area contributed by atoms with Gasteiger partial charge in [0, 0.05) is 20.0 Å². The Balaban J connectivity index is 2.21. The van der Waals surface area contributed by atoms with Crippen LogP contribution in [0.15, 0.2) is 11.1 Å². The van der Waals surface area contributed by atoms with E-state index in [9.17, 15) is 14.4 Å². The van der Waals surface area contributed by atoms with Crippen molar-refractivity contribution in [3.63, 3.8) is 0 Å². The van der Waals surface area contributed by atoms with Gasteiger partial charge in [-0.3, -0.25) is 14.4 Å². The Morgan fingerprint density at radius 1 is 1.48 bits per heavy atom. The van der Waals surface area contributed by atoms with Gasteiger partial charge in [-0.1, -0.05) is 0 Å². The van der Waals surface area contributed by atoms with Gasteiger partial charge in [0.1, 0.15) is 4.83 Å². The van der Waals surface area contributed by atoms with Crippen molar-refractivity contribution in [1.29, 1.82) is 0 Å². The zero-order valence-corrected chi connectivity index (χ0v) is 12.5. The topological polar surface area (TPSA) is 101 Å². The lowest BCUT2D eigenvalue weighted by Crippen LogP contribution is -2.24. The van der Waals surface area contributed by atoms with Crippen LogP contribution >= 0.6 is 11.3 Å². The van der Waals surface area contributed by atoms with E-state index in [1.165, 1.54) is 22.2 Å². The molecule has 0 saturated heterocycles. The van der Waals surface area contributed by atoms with E-state index >= 15 is 0 Å². The average Bonchev–Trinajstić information content (AvgIpc) is 2.76. The van der Waals surface area contributed by atoms with E-state index in [0.717, 1.165) is 0 Å². The van der Waals surface area contributed by atoms with Crippen LogP contribution in [-0.2, 0) is 11.8 Å². The summed E-state index contributed by atoms with van der Waals surface area (Å²) in [5.41, 5.74) is 0.429. The Morgan fingerprint density at radius 3 is 2.86 bits per heavy atom. The molecule has 2 aromatic heterocycles. The smallest absolute Gasteiger partial charge is 0.303 e. The molecule has 0 aromatic carbocycles. The minimum Gasteiger partial charge on any atom is -0.481 e. The zero-order chi connectivity index (χ0) is 15.6. The Bertz CT molecular complexity index is 763. The van der Waals surface area contributed by atoms with E-state index in [1.54, 1.807) is 14.0 Å². The largest absolute Gasteiger partial charge is 0.481 e. The average molecular weight is 309 g/mol. The first kappa shape index (κ1) is 15.2. The lowest BCUT2D eigenvalue weighted by molar-refractivity contribution is -0.137. The van der Waals surface area contributed by atoms with Crippen LogP contribution in [-0.4, -0.2) is 33.1 Å². The van der Waals surface area contributed by atoms with Gasteiger partial charge in [0.25, 0.3) is 11.5 Å². The van der Waals surface area contributed by atoms with Crippen molar-refractivity contribution in [3.05, 3.63) is 27.1 Å². The van der Waals surface area contributed by atoms with Crippen LogP contribution in [0.4, 0.5) is 0 Å². The molecule has 21 heavy (non-hydrogen) atoms. The lowest BCUT2D eigenvalue weighted by atomic mass is 10.2. The molecule has 0 unspecified atom stereocenters. The molecule has 0 bridgehead atoms. The van der Waals surface area contributed by atoms with E-state index in [4.69, 9.17) is 5.11 Å². The second-order valence-electron chi connectivity index (χ2n) is 4.65. The Labute approximate surface area is 124 Å². The zero-order valence-electron chi connectivity index (χ0n) is 11.7. The summed E-state index contributed by atoms with van der Waals surface area (Å²) in [6.07, 6.45) is 1.80. The van der Waals surface area contributed by atoms with Gasteiger partial charge >= 0.3 is 5.97 Å². The molecule has 0 spiro atoms. The van der Waals surface area contributed by atoms with Crippen molar-refractivity contribution >= 4 is 33.4 Å². The van der Waals surface area contributed by atoms with Gasteiger partial charge in [-0.05, 0) is 18.9 Å². The number of fused-ring (bicyclic) bond motifs is 1. The SMILES string of the molecule is Cc1c(C(=O)NCCCC(=O)O)sc2ncn(C)c(=O)c12. The predicted octanol–water partition coefficient (Wildman–Crippen LogP) is 0.898. The van der Waals surface area contributed by atoms with Gasteiger partial charge in [-0.15, -0.1) is 11.3 Å². The highest BCUT2D eigenvalue weighted by molar-refractivity contribution is 7.20. The first-order valence-electron chi connectivity index (χ1n) is 6.36. The van der Waals surface area contributed by atoms with Crippen molar-refractivity contribution in [1.82, 2.24) is 14.9 Å². The molecule has 8 heteroatoms. The molecule has 0 saturated carbocycles. The van der Waals surface area contributed by atoms with Crippen LogP contribution in [0.5, 0.6) is 0 Å². The van der Waals surface area contributed by atoms with Gasteiger partial charge in [0.05, 0.1) is 16.6 Å². The van der Waals surface area contributed by atoms with E-state index in [0.29, 0.717) is 27.1 Å². The third-order valence-corrected chi connectivity index (χ3v) is 4.27. The Morgan fingerprint density at radius 2 is 2.19 bits per heavy atom. The summed E-state index contributed by atoms with van der Waals surface area (Å²) in [6.45, 7) is 2.00. The number of carboxylic acids is 1. The molecule has 1 amide bonds. The molecule has 112 valence electrons. The maximum absolute atomic E-state index is 12.1. The van der Waals surface area contributed by atoms with Crippen molar-refractivity contribution in [2.75, 3.05) is 6.54 Å². The maximum Gasteiger partial charge on any atom is 0.303 e. The summed E-state index contributed by atoms with van der Waals surface area (Å²) < 4.78 is 1.37. The number of aromatic nitrogens is 2. The number of carbonyl (C=O) groups is 2. The van der Waals surface area contributed by atoms with Crippen LogP contribution in [0, 0.1) is 6.92 Å². The van der Waals surface area contributed by atoms with Crippen molar-refractivity contribution in [2.24, 2.45) is 7.05 Å². The quantitative estimate of drug-likeness (QED) is 0.799. The second-order valence-corrected chi connectivity index (χ2v) is 5.65. The molecule has 0 aliphatic carbocycles. The minimum atomic E-state index is -0.894. The number of nitrogens with zero attached hydrogens (tertiary/aromatic N) is 2. The Hall–Kier alpha value is -2.22. The molecular weight excluding hydrogens is 294 g/mol. The first-order chi connectivity index (χ1) is 9.91. The summed E-state index contributed by atoms with van der Waals surface area (Å²) in [5.74, 6) is -1.20. The number of nitrogens with one attached hydrogen (secondary N) is 1. The highest BCUT2D eigenvalue weighted by atomic mass is 32.1. The molecule has 7 nitrogen and oxygen atoms in total. The van der Waals surface area contributed by atoms with E-state index in [1.807, 2.05) is 0 Å². The normalized spacial score (nSPS) is 10.8. The minimum absolute atomic E-state index is 0.00771. The molecule has 0 aliphatic heterocycles. The fraction of sp³-hybridized carbons (Fsp3) is 0.385. The van der Waals surface area contributed by atoms with Crippen LogP contribution in [0.3, 0.4) is 0 Å². The molecule has 2 rings (SSSR count). The number of aryl methyl sites for hydroxylation is 2. The van der Waals surface area contributed by atoms with Crippen molar-refractivity contribution in [3.8, 4) is 0 Å². The number of amides is 1. The number of carboxylic acid groups (broad SMARTS) is 1. The predicted molar refractivity (Wildman–Crippen MR) is 78.8 cm³/mol. The monoisotopic (exact) mass is 309 g/mol. The number of hydrogen-bond donors (Lipinski definition) is 2. The van der Waals surface area contributed by atoms with Gasteiger partial charge < -0.3 is 15.0 Å². The summed E-state index contributed by atoms with van der Waals surface area (Å²) in [5, 5.41) is 11.7. The third-order valence-electron chi connectivity index (χ3n) is 3.07. The molecule has 0 atom stereocenters. The maximum atomic E-state index is 12.1. The number of carbonyl (C=O) groups excluding carboxylic acids is 1. The molecule has 0 radical (unpaired) electrons. The first-order valence-corrected chi connectivity index (χ1v) is 7.18. The second kappa shape index (κ2) is 6.04. The summed E-state index contributed by atoms with van der Waals surface area (Å²) in [7, 11) is 1.61. The third kappa shape index (κ3) is 3.10. The summed E-state index contributed by atoms with van der Waals surface area (Å²) in [4.78, 5) is 39.7. The molecule has 2 aromatic rings. The lowest BCUT2D eigenvalue weighted by Gasteiger charge is -2.02. The van der Waals surface area contributed by atoms with E-state index in [2.05, 4.69) is 10.3 Å². The van der Waals surface area contributed by atoms with Gasteiger partial charge in [0.15, 0.2) is 0 Å². The summed E-state index contributed by atoms with van der Waals surface area (Å²) >= 11 is 1.17. The molecule has 2 N–H and O–H groups in total. The Kier molecular flexibility index (Phi) is 4.37. The molecule has 0 aliphatic rings. The number of thiophene rings is 1. The number of hydrogen-bond acceptors (Lipinski definition) is 5. The van der Waals surface area contributed by atoms with Gasteiger partial charge in [0.2, 0.25) is 0 Å². The van der Waals surface area contributed by atoms with Gasteiger partial charge in [-0.25, -0.2) is 4.98 Å². The molecular formula is C13H15N3O4S. The van der Waals surface area contributed by atoms with Crippen LogP contribution in [0.25, 0.3) is 10.2 Å². The standard InChI is InChI=1S/C13H15N3O4S/c1-7-9-12(15-6-16(2)13(9)20)21-10(7)11(19)14-5-3-4-8(17)18/h6H,3-5H2,1-2H3,(H,14,19)(H,17,18). The fourth-order valence-corrected chi connectivity index (χ4v) is 3.00. The van der Waals surface area contributed by atoms with Gasteiger partial charge in [-0.2, -0.15) is 0 Å². The number of aliphatic carboxylic acids is 1. The van der Waals surface area contributed by atoms with Crippen LogP contribution in [0.1, 0.15) is 28.1 Å². The highest BCUT2D eigenvalue weighted by Crippen LogP contribution is 2.26.